The number of rotatable bonds is 1. The zero-order chi connectivity index (χ0) is 5.70. The summed E-state index contributed by atoms with van der Waals surface area (Å²) in [4.78, 5) is 0. The Hall–Kier alpha value is 0.800. The van der Waals surface area contributed by atoms with Gasteiger partial charge in [-0.2, -0.15) is 0 Å². The predicted molar refractivity (Wildman–Crippen MR) is 47.4 cm³/mol. The van der Waals surface area contributed by atoms with Crippen LogP contribution in [0.3, 0.4) is 0 Å². The molecular weight excluding hydrogens is 262 g/mol. The van der Waals surface area contributed by atoms with E-state index in [1.807, 2.05) is 5.16 Å². The van der Waals surface area contributed by atoms with Gasteiger partial charge in [-0.05, 0) is 12.2 Å². The number of thiocarbonyl (C=S) groups is 1. The number of nitrogens with two attached hydrogens (primary N) is 2. The molecule has 0 rings (SSSR count). The SMILES string of the molecule is I.NC(N)=NN=C=S.[H-].[Na+]. The first kappa shape index (κ1) is 16.4. The van der Waals surface area contributed by atoms with Crippen LogP contribution in [-0.4, -0.2) is 11.1 Å². The molecule has 0 heterocycles. The first-order chi connectivity index (χ1) is 3.27. The quantitative estimate of drug-likeness (QED) is 0.133. The minimum atomic E-state index is -0.114. The van der Waals surface area contributed by atoms with Crippen molar-refractivity contribution in [1.82, 2.24) is 0 Å². The molecule has 0 aliphatic rings. The van der Waals surface area contributed by atoms with E-state index in [2.05, 4.69) is 22.4 Å². The van der Waals surface area contributed by atoms with Crippen molar-refractivity contribution in [2.24, 2.45) is 21.7 Å². The smallest absolute Gasteiger partial charge is 1.00 e. The first-order valence-corrected chi connectivity index (χ1v) is 1.84. The molecule has 7 heteroatoms. The normalized spacial score (nSPS) is 4.89. The maximum absolute atomic E-state index is 4.83. The maximum atomic E-state index is 4.83. The predicted octanol–water partition coefficient (Wildman–Crippen LogP) is -2.99. The van der Waals surface area contributed by atoms with Crippen molar-refractivity contribution in [3.63, 3.8) is 0 Å². The van der Waals surface area contributed by atoms with Crippen molar-refractivity contribution in [3.05, 3.63) is 0 Å². The molecule has 0 saturated carbocycles. The second-order valence-corrected chi connectivity index (χ2v) is 0.899. The van der Waals surface area contributed by atoms with E-state index in [0.29, 0.717) is 0 Å². The molecule has 0 saturated heterocycles. The van der Waals surface area contributed by atoms with Gasteiger partial charge >= 0.3 is 29.6 Å². The fraction of sp³-hybridized carbons (Fsp3) is 0. The van der Waals surface area contributed by atoms with E-state index >= 15 is 0 Å². The van der Waals surface area contributed by atoms with Gasteiger partial charge in [-0.25, -0.2) is 0 Å². The molecule has 4 N–H and O–H groups in total. The Kier molecular flexibility index (Phi) is 21.1. The molecule has 0 aromatic carbocycles. The summed E-state index contributed by atoms with van der Waals surface area (Å²) in [5, 5.41) is 8.16. The number of isothiocyanates is 1. The van der Waals surface area contributed by atoms with Crippen molar-refractivity contribution in [2.75, 3.05) is 0 Å². The van der Waals surface area contributed by atoms with Gasteiger partial charge in [0.15, 0.2) is 0 Å². The Labute approximate surface area is 98.9 Å². The van der Waals surface area contributed by atoms with Crippen molar-refractivity contribution >= 4 is 47.3 Å². The molecule has 0 fully saturated rings. The molecule has 0 aromatic rings. The van der Waals surface area contributed by atoms with Crippen LogP contribution in [0.1, 0.15) is 1.43 Å². The third kappa shape index (κ3) is 17.7. The van der Waals surface area contributed by atoms with Crippen LogP contribution >= 0.6 is 36.2 Å². The molecule has 0 aromatic heterocycles. The summed E-state index contributed by atoms with van der Waals surface area (Å²) in [6.07, 6.45) is 0. The third-order valence-electron chi connectivity index (χ3n) is 0.206. The van der Waals surface area contributed by atoms with E-state index in [0.717, 1.165) is 0 Å². The summed E-state index contributed by atoms with van der Waals surface area (Å²) in [5.74, 6) is -0.114. The fourth-order valence-electron chi connectivity index (χ4n) is 0.0781. The van der Waals surface area contributed by atoms with Crippen LogP contribution < -0.4 is 41.0 Å². The molecule has 4 nitrogen and oxygen atoms in total. The number of nitrogens with zero attached hydrogens (tertiary/aromatic N) is 2. The number of hydrogen-bond donors (Lipinski definition) is 2. The van der Waals surface area contributed by atoms with Gasteiger partial charge in [-0.1, -0.05) is 5.10 Å². The van der Waals surface area contributed by atoms with Gasteiger partial charge in [0.1, 0.15) is 0 Å². The van der Waals surface area contributed by atoms with Crippen LogP contribution in [0.2, 0.25) is 0 Å². The van der Waals surface area contributed by atoms with Gasteiger partial charge in [-0.15, -0.1) is 29.1 Å². The van der Waals surface area contributed by atoms with Crippen molar-refractivity contribution in [1.29, 1.82) is 0 Å². The van der Waals surface area contributed by atoms with Gasteiger partial charge in [0.2, 0.25) is 5.96 Å². The molecule has 48 valence electrons. The Balaban J connectivity index is -0.0000000600. The molecule has 0 bridgehead atoms. The van der Waals surface area contributed by atoms with Gasteiger partial charge in [-0.3, -0.25) is 0 Å². The second kappa shape index (κ2) is 11.6. The van der Waals surface area contributed by atoms with Crippen molar-refractivity contribution in [2.45, 2.75) is 0 Å². The zero-order valence-electron chi connectivity index (χ0n) is 5.87. The number of guanidine groups is 1. The monoisotopic (exact) mass is 268 g/mol. The average molecular weight is 268 g/mol. The molecule has 0 atom stereocenters. The summed E-state index contributed by atoms with van der Waals surface area (Å²) < 4.78 is 0. The van der Waals surface area contributed by atoms with Crippen LogP contribution in [0.4, 0.5) is 0 Å². The van der Waals surface area contributed by atoms with E-state index in [9.17, 15) is 0 Å². The zero-order valence-corrected chi connectivity index (χ0v) is 10.0. The minimum Gasteiger partial charge on any atom is -1.00 e. The Morgan fingerprint density at radius 3 is 2.11 bits per heavy atom. The Morgan fingerprint density at radius 2 is 2.00 bits per heavy atom. The van der Waals surface area contributed by atoms with E-state index in [1.165, 1.54) is 0 Å². The van der Waals surface area contributed by atoms with Crippen LogP contribution in [-0.2, 0) is 0 Å². The van der Waals surface area contributed by atoms with E-state index in [4.69, 9.17) is 11.5 Å². The van der Waals surface area contributed by atoms with Gasteiger partial charge in [0, 0.05) is 0 Å². The largest absolute Gasteiger partial charge is 1.00 e. The van der Waals surface area contributed by atoms with E-state index in [1.54, 1.807) is 0 Å². The third-order valence-corrected chi connectivity index (χ3v) is 0.288. The molecule has 0 aliphatic heterocycles. The van der Waals surface area contributed by atoms with Crippen molar-refractivity contribution in [3.8, 4) is 0 Å². The maximum Gasteiger partial charge on any atom is 1.00 e. The molecule has 0 aliphatic carbocycles. The minimum absolute atomic E-state index is 0. The first-order valence-electron chi connectivity index (χ1n) is 1.43. The summed E-state index contributed by atoms with van der Waals surface area (Å²) in [6, 6.07) is 0. The van der Waals surface area contributed by atoms with Crippen LogP contribution in [0.15, 0.2) is 10.2 Å². The molecule has 0 unspecified atom stereocenters. The average Bonchev–Trinajstić information content (AvgIpc) is 1.61. The molecule has 9 heavy (non-hydrogen) atoms. The van der Waals surface area contributed by atoms with Gasteiger partial charge in [0.25, 0.3) is 0 Å². The number of hydrogen-bond acceptors (Lipinski definition) is 3. The summed E-state index contributed by atoms with van der Waals surface area (Å²) in [7, 11) is 0. The van der Waals surface area contributed by atoms with Gasteiger partial charge < -0.3 is 12.9 Å². The summed E-state index contributed by atoms with van der Waals surface area (Å²) >= 11 is 4.14. The van der Waals surface area contributed by atoms with Crippen LogP contribution in [0.25, 0.3) is 0 Å². The second-order valence-electron chi connectivity index (χ2n) is 0.716. The summed E-state index contributed by atoms with van der Waals surface area (Å²) in [5.41, 5.74) is 9.65. The van der Waals surface area contributed by atoms with E-state index < -0.39 is 0 Å². The fourth-order valence-corrected chi connectivity index (χ4v) is 0.119. The van der Waals surface area contributed by atoms with Gasteiger partial charge in [0.05, 0.1) is 5.16 Å². The van der Waals surface area contributed by atoms with E-state index in [-0.39, 0.29) is 60.9 Å². The van der Waals surface area contributed by atoms with Crippen LogP contribution in [0, 0.1) is 0 Å². The molecule has 0 radical (unpaired) electrons. The van der Waals surface area contributed by atoms with Crippen LogP contribution in [0.5, 0.6) is 0 Å². The molecular formula is C2H6IN4NaS. The standard InChI is InChI=1S/C2H4N4S.HI.Na.H/c3-2(4)6-5-1-7;;;/h(H4,3,4,6);1H;;/q;;+1;-1. The molecule has 0 amide bonds. The summed E-state index contributed by atoms with van der Waals surface area (Å²) in [6.45, 7) is 0. The topological polar surface area (TPSA) is 76.8 Å². The van der Waals surface area contributed by atoms with Crippen molar-refractivity contribution < 1.29 is 31.0 Å². The number of halogens is 1. The Morgan fingerprint density at radius 1 is 1.56 bits per heavy atom. The Bertz CT molecular complexity index is 131. The molecule has 0 spiro atoms.